The van der Waals surface area contributed by atoms with Crippen LogP contribution < -0.4 is 10.0 Å². The lowest BCUT2D eigenvalue weighted by Gasteiger charge is -2.13. The van der Waals surface area contributed by atoms with Crippen LogP contribution in [0.5, 0.6) is 0 Å². The van der Waals surface area contributed by atoms with Gasteiger partial charge in [-0.2, -0.15) is 11.8 Å². The Balaban J connectivity index is 2.84. The molecule has 1 atom stereocenters. The first-order valence-electron chi connectivity index (χ1n) is 6.63. The van der Waals surface area contributed by atoms with Gasteiger partial charge in [0.25, 0.3) is 0 Å². The molecule has 0 amide bonds. The van der Waals surface area contributed by atoms with Gasteiger partial charge in [-0.15, -0.1) is 0 Å². The Morgan fingerprint density at radius 2 is 2.05 bits per heavy atom. The zero-order chi connectivity index (χ0) is 15.2. The van der Waals surface area contributed by atoms with E-state index < -0.39 is 10.0 Å². The molecule has 1 aromatic rings. The van der Waals surface area contributed by atoms with Gasteiger partial charge in [-0.25, -0.2) is 13.1 Å². The van der Waals surface area contributed by atoms with Crippen LogP contribution in [-0.2, 0) is 16.6 Å². The number of rotatable bonds is 8. The number of benzene rings is 1. The maximum Gasteiger partial charge on any atom is 0.240 e. The highest BCUT2D eigenvalue weighted by molar-refractivity contribution is 7.98. The average Bonchev–Trinajstić information content (AvgIpc) is 2.39. The molecule has 1 unspecified atom stereocenters. The molecule has 0 spiro atoms. The summed E-state index contributed by atoms with van der Waals surface area (Å²) in [6.45, 7) is 5.16. The van der Waals surface area contributed by atoms with Crippen molar-refractivity contribution in [3.63, 3.8) is 0 Å². The second-order valence-electron chi connectivity index (χ2n) is 5.03. The Morgan fingerprint density at radius 1 is 1.35 bits per heavy atom. The second kappa shape index (κ2) is 8.02. The summed E-state index contributed by atoms with van der Waals surface area (Å²) >= 11 is 1.72. The SMILES string of the molecule is CNCc1cc(S(=O)(=O)NCC(C)CSC)ccc1C. The van der Waals surface area contributed by atoms with Crippen LogP contribution in [0.15, 0.2) is 23.1 Å². The molecule has 2 N–H and O–H groups in total. The van der Waals surface area contributed by atoms with Gasteiger partial charge in [-0.1, -0.05) is 13.0 Å². The van der Waals surface area contributed by atoms with Crippen LogP contribution in [0.2, 0.25) is 0 Å². The summed E-state index contributed by atoms with van der Waals surface area (Å²) < 4.78 is 27.2. The summed E-state index contributed by atoms with van der Waals surface area (Å²) in [6, 6.07) is 5.26. The lowest BCUT2D eigenvalue weighted by molar-refractivity contribution is 0.562. The third-order valence-electron chi connectivity index (χ3n) is 3.07. The van der Waals surface area contributed by atoms with Crippen molar-refractivity contribution >= 4 is 21.8 Å². The number of sulfonamides is 1. The Morgan fingerprint density at radius 3 is 2.65 bits per heavy atom. The lowest BCUT2D eigenvalue weighted by atomic mass is 10.1. The smallest absolute Gasteiger partial charge is 0.240 e. The van der Waals surface area contributed by atoms with Crippen LogP contribution in [0, 0.1) is 12.8 Å². The van der Waals surface area contributed by atoms with Gasteiger partial charge < -0.3 is 5.32 Å². The van der Waals surface area contributed by atoms with E-state index in [1.54, 1.807) is 23.9 Å². The summed E-state index contributed by atoms with van der Waals surface area (Å²) in [5, 5.41) is 3.05. The number of hydrogen-bond acceptors (Lipinski definition) is 4. The molecule has 0 fully saturated rings. The van der Waals surface area contributed by atoms with E-state index in [0.717, 1.165) is 16.9 Å². The molecule has 0 saturated heterocycles. The quantitative estimate of drug-likeness (QED) is 0.770. The molecule has 6 heteroatoms. The lowest BCUT2D eigenvalue weighted by Crippen LogP contribution is -2.29. The zero-order valence-electron chi connectivity index (χ0n) is 12.6. The van der Waals surface area contributed by atoms with Gasteiger partial charge in [0.05, 0.1) is 4.90 Å². The average molecular weight is 316 g/mol. The van der Waals surface area contributed by atoms with Crippen LogP contribution in [0.3, 0.4) is 0 Å². The maximum absolute atomic E-state index is 12.3. The van der Waals surface area contributed by atoms with Gasteiger partial charge in [-0.3, -0.25) is 0 Å². The van der Waals surface area contributed by atoms with Crippen LogP contribution in [0.1, 0.15) is 18.1 Å². The van der Waals surface area contributed by atoms with E-state index in [9.17, 15) is 8.42 Å². The molecule has 0 aliphatic carbocycles. The van der Waals surface area contributed by atoms with E-state index in [4.69, 9.17) is 0 Å². The second-order valence-corrected chi connectivity index (χ2v) is 7.71. The van der Waals surface area contributed by atoms with E-state index >= 15 is 0 Å². The molecule has 0 heterocycles. The van der Waals surface area contributed by atoms with Crippen molar-refractivity contribution in [3.8, 4) is 0 Å². The fourth-order valence-corrected chi connectivity index (χ4v) is 3.78. The highest BCUT2D eigenvalue weighted by Gasteiger charge is 2.16. The van der Waals surface area contributed by atoms with Crippen LogP contribution in [0.4, 0.5) is 0 Å². The van der Waals surface area contributed by atoms with Gasteiger partial charge in [0.2, 0.25) is 10.0 Å². The molecule has 1 aromatic carbocycles. The summed E-state index contributed by atoms with van der Waals surface area (Å²) in [7, 11) is -1.57. The summed E-state index contributed by atoms with van der Waals surface area (Å²) in [6.07, 6.45) is 2.02. The van der Waals surface area contributed by atoms with Crippen LogP contribution in [0.25, 0.3) is 0 Å². The fourth-order valence-electron chi connectivity index (χ4n) is 1.87. The van der Waals surface area contributed by atoms with Gasteiger partial charge in [0, 0.05) is 13.1 Å². The van der Waals surface area contributed by atoms with Crippen molar-refractivity contribution in [2.75, 3.05) is 25.6 Å². The molecule has 1 rings (SSSR count). The number of thioether (sulfide) groups is 1. The molecule has 0 aliphatic rings. The Kier molecular flexibility index (Phi) is 7.02. The Hall–Kier alpha value is -0.560. The summed E-state index contributed by atoms with van der Waals surface area (Å²) in [4.78, 5) is 0.338. The third kappa shape index (κ3) is 5.09. The predicted molar refractivity (Wildman–Crippen MR) is 86.7 cm³/mol. The monoisotopic (exact) mass is 316 g/mol. The van der Waals surface area contributed by atoms with Gasteiger partial charge in [-0.05, 0) is 55.2 Å². The molecule has 0 aromatic heterocycles. The van der Waals surface area contributed by atoms with Crippen LogP contribution >= 0.6 is 11.8 Å². The van der Waals surface area contributed by atoms with E-state index in [1.165, 1.54) is 0 Å². The van der Waals surface area contributed by atoms with Crippen molar-refractivity contribution in [1.82, 2.24) is 10.0 Å². The zero-order valence-corrected chi connectivity index (χ0v) is 14.2. The van der Waals surface area contributed by atoms with Crippen LogP contribution in [-0.4, -0.2) is 34.0 Å². The molecule has 114 valence electrons. The summed E-state index contributed by atoms with van der Waals surface area (Å²) in [5.74, 6) is 1.27. The standard InChI is InChI=1S/C14H24N2O2S2/c1-11(10-19-4)8-16-20(17,18)14-6-5-12(2)13(7-14)9-15-3/h5-7,11,15-16H,8-10H2,1-4H3. The Bertz CT molecular complexity index is 530. The van der Waals surface area contributed by atoms with E-state index in [2.05, 4.69) is 10.0 Å². The maximum atomic E-state index is 12.3. The van der Waals surface area contributed by atoms with Crippen molar-refractivity contribution in [1.29, 1.82) is 0 Å². The van der Waals surface area contributed by atoms with Gasteiger partial charge in [0.1, 0.15) is 0 Å². The predicted octanol–water partition coefficient (Wildman–Crippen LogP) is 1.99. The van der Waals surface area contributed by atoms with E-state index in [-0.39, 0.29) is 0 Å². The van der Waals surface area contributed by atoms with E-state index in [1.807, 2.05) is 33.2 Å². The number of hydrogen-bond donors (Lipinski definition) is 2. The van der Waals surface area contributed by atoms with Crippen molar-refractivity contribution in [2.45, 2.75) is 25.3 Å². The highest BCUT2D eigenvalue weighted by atomic mass is 32.2. The first-order chi connectivity index (χ1) is 9.40. The number of nitrogens with one attached hydrogen (secondary N) is 2. The first kappa shape index (κ1) is 17.5. The minimum Gasteiger partial charge on any atom is -0.316 e. The normalized spacial score (nSPS) is 13.4. The Labute approximate surface area is 126 Å². The third-order valence-corrected chi connectivity index (χ3v) is 5.39. The minimum atomic E-state index is -3.42. The van der Waals surface area contributed by atoms with Crippen molar-refractivity contribution < 1.29 is 8.42 Å². The number of aryl methyl sites for hydroxylation is 1. The molecular formula is C14H24N2O2S2. The van der Waals surface area contributed by atoms with Gasteiger partial charge in [0.15, 0.2) is 0 Å². The summed E-state index contributed by atoms with van der Waals surface area (Å²) in [5.41, 5.74) is 2.10. The molecule has 20 heavy (non-hydrogen) atoms. The molecular weight excluding hydrogens is 292 g/mol. The van der Waals surface area contributed by atoms with Crippen molar-refractivity contribution in [2.24, 2.45) is 5.92 Å². The first-order valence-corrected chi connectivity index (χ1v) is 9.51. The minimum absolute atomic E-state index is 0.321. The molecule has 0 aliphatic heterocycles. The largest absolute Gasteiger partial charge is 0.316 e. The van der Waals surface area contributed by atoms with Gasteiger partial charge >= 0.3 is 0 Å². The molecule has 4 nitrogen and oxygen atoms in total. The molecule has 0 bridgehead atoms. The van der Waals surface area contributed by atoms with Crippen molar-refractivity contribution in [3.05, 3.63) is 29.3 Å². The fraction of sp³-hybridized carbons (Fsp3) is 0.571. The topological polar surface area (TPSA) is 58.2 Å². The molecule has 0 saturated carbocycles. The molecule has 0 radical (unpaired) electrons. The highest BCUT2D eigenvalue weighted by Crippen LogP contribution is 2.16. The van der Waals surface area contributed by atoms with E-state index in [0.29, 0.717) is 23.9 Å².